The summed E-state index contributed by atoms with van der Waals surface area (Å²) >= 11 is 1.42. The first kappa shape index (κ1) is 15.5. The standard InChI is InChI=1S/C12H18N2O4S/c1-12(18,9-4-3-7-19-9)8-14-11(17)13-6-2-5-10(15)16/h3-4,7,18H,2,5-6,8H2,1H3,(H,15,16)(H2,13,14,17). The van der Waals surface area contributed by atoms with Crippen molar-refractivity contribution in [2.75, 3.05) is 13.1 Å². The zero-order chi connectivity index (χ0) is 14.3. The predicted molar refractivity (Wildman–Crippen MR) is 72.2 cm³/mol. The lowest BCUT2D eigenvalue weighted by atomic mass is 10.1. The molecule has 2 amide bonds. The normalized spacial score (nSPS) is 13.6. The van der Waals surface area contributed by atoms with Crippen LogP contribution in [0.25, 0.3) is 0 Å². The van der Waals surface area contributed by atoms with Gasteiger partial charge in [-0.2, -0.15) is 0 Å². The van der Waals surface area contributed by atoms with Gasteiger partial charge in [-0.1, -0.05) is 6.07 Å². The van der Waals surface area contributed by atoms with E-state index in [1.165, 1.54) is 11.3 Å². The number of urea groups is 1. The summed E-state index contributed by atoms with van der Waals surface area (Å²) in [6, 6.07) is 3.22. The lowest BCUT2D eigenvalue weighted by molar-refractivity contribution is -0.137. The molecule has 1 unspecified atom stereocenters. The molecule has 0 saturated heterocycles. The first-order valence-electron chi connectivity index (χ1n) is 5.91. The van der Waals surface area contributed by atoms with E-state index >= 15 is 0 Å². The highest BCUT2D eigenvalue weighted by atomic mass is 32.1. The number of carboxylic acids is 1. The highest BCUT2D eigenvalue weighted by Crippen LogP contribution is 2.24. The van der Waals surface area contributed by atoms with Crippen molar-refractivity contribution in [2.45, 2.75) is 25.4 Å². The van der Waals surface area contributed by atoms with E-state index in [1.54, 1.807) is 13.0 Å². The van der Waals surface area contributed by atoms with Crippen LogP contribution in [0.15, 0.2) is 17.5 Å². The third-order valence-electron chi connectivity index (χ3n) is 2.50. The SMILES string of the molecule is CC(O)(CNC(=O)NCCCC(=O)O)c1cccs1. The minimum atomic E-state index is -1.10. The largest absolute Gasteiger partial charge is 0.481 e. The average Bonchev–Trinajstić information content (AvgIpc) is 2.86. The second-order valence-corrected chi connectivity index (χ2v) is 5.31. The van der Waals surface area contributed by atoms with E-state index in [2.05, 4.69) is 10.6 Å². The van der Waals surface area contributed by atoms with Crippen LogP contribution in [0.3, 0.4) is 0 Å². The molecule has 0 aliphatic carbocycles. The number of hydrogen-bond donors (Lipinski definition) is 4. The third-order valence-corrected chi connectivity index (χ3v) is 3.62. The molecule has 1 aromatic rings. The van der Waals surface area contributed by atoms with Crippen LogP contribution in [0.4, 0.5) is 4.79 Å². The molecule has 7 heteroatoms. The summed E-state index contributed by atoms with van der Waals surface area (Å²) < 4.78 is 0. The average molecular weight is 286 g/mol. The number of amides is 2. The summed E-state index contributed by atoms with van der Waals surface area (Å²) in [5.74, 6) is -0.886. The summed E-state index contributed by atoms with van der Waals surface area (Å²) in [6.07, 6.45) is 0.400. The summed E-state index contributed by atoms with van der Waals surface area (Å²) in [5, 5.41) is 25.5. The maximum absolute atomic E-state index is 11.4. The van der Waals surface area contributed by atoms with Crippen LogP contribution in [0, 0.1) is 0 Å². The Morgan fingerprint density at radius 2 is 2.16 bits per heavy atom. The van der Waals surface area contributed by atoms with E-state index in [0.29, 0.717) is 13.0 Å². The van der Waals surface area contributed by atoms with E-state index in [0.717, 1.165) is 4.88 Å². The van der Waals surface area contributed by atoms with Crippen molar-refractivity contribution in [1.29, 1.82) is 0 Å². The number of thiophene rings is 1. The number of aliphatic hydroxyl groups is 1. The van der Waals surface area contributed by atoms with Gasteiger partial charge in [-0.15, -0.1) is 11.3 Å². The molecule has 0 aliphatic heterocycles. The maximum Gasteiger partial charge on any atom is 0.314 e. The van der Waals surface area contributed by atoms with Crippen LogP contribution in [0.5, 0.6) is 0 Å². The van der Waals surface area contributed by atoms with E-state index in [4.69, 9.17) is 5.11 Å². The molecule has 0 radical (unpaired) electrons. The fourth-order valence-corrected chi connectivity index (χ4v) is 2.22. The Bertz CT molecular complexity index is 417. The molecule has 0 bridgehead atoms. The van der Waals surface area contributed by atoms with Crippen molar-refractivity contribution in [3.63, 3.8) is 0 Å². The van der Waals surface area contributed by atoms with Gasteiger partial charge in [0.2, 0.25) is 0 Å². The lowest BCUT2D eigenvalue weighted by Crippen LogP contribution is -2.43. The Balaban J connectivity index is 2.24. The fourth-order valence-electron chi connectivity index (χ4n) is 1.43. The molecular weight excluding hydrogens is 268 g/mol. The quantitative estimate of drug-likeness (QED) is 0.564. The fraction of sp³-hybridized carbons (Fsp3) is 0.500. The van der Waals surface area contributed by atoms with Gasteiger partial charge in [0, 0.05) is 17.8 Å². The zero-order valence-corrected chi connectivity index (χ0v) is 11.5. The van der Waals surface area contributed by atoms with Gasteiger partial charge >= 0.3 is 12.0 Å². The second kappa shape index (κ2) is 7.10. The number of carbonyl (C=O) groups is 2. The Morgan fingerprint density at radius 3 is 2.74 bits per heavy atom. The number of carboxylic acid groups (broad SMARTS) is 1. The molecule has 1 aromatic heterocycles. The van der Waals surface area contributed by atoms with Crippen LogP contribution in [-0.4, -0.2) is 35.3 Å². The first-order valence-corrected chi connectivity index (χ1v) is 6.79. The minimum Gasteiger partial charge on any atom is -0.481 e. The van der Waals surface area contributed by atoms with Crippen LogP contribution in [0.1, 0.15) is 24.6 Å². The van der Waals surface area contributed by atoms with Gasteiger partial charge in [-0.25, -0.2) is 4.79 Å². The summed E-state index contributed by atoms with van der Waals surface area (Å²) in [5.41, 5.74) is -1.10. The summed E-state index contributed by atoms with van der Waals surface area (Å²) in [4.78, 5) is 22.5. The topological polar surface area (TPSA) is 98.7 Å². The van der Waals surface area contributed by atoms with Crippen LogP contribution < -0.4 is 10.6 Å². The predicted octanol–water partition coefficient (Wildman–Crippen LogP) is 1.12. The lowest BCUT2D eigenvalue weighted by Gasteiger charge is -2.22. The molecule has 0 fully saturated rings. The first-order chi connectivity index (χ1) is 8.92. The third kappa shape index (κ3) is 5.71. The minimum absolute atomic E-state index is 0.0210. The van der Waals surface area contributed by atoms with Gasteiger partial charge in [0.25, 0.3) is 0 Å². The van der Waals surface area contributed by atoms with Gasteiger partial charge in [0.1, 0.15) is 5.60 Å². The molecule has 0 saturated carbocycles. The van der Waals surface area contributed by atoms with Crippen molar-refractivity contribution < 1.29 is 19.8 Å². The van der Waals surface area contributed by atoms with Gasteiger partial charge in [-0.3, -0.25) is 4.79 Å². The molecule has 1 atom stereocenters. The van der Waals surface area contributed by atoms with Gasteiger partial charge in [0.05, 0.1) is 6.54 Å². The number of aliphatic carboxylic acids is 1. The van der Waals surface area contributed by atoms with Crippen LogP contribution in [-0.2, 0) is 10.4 Å². The molecular formula is C12H18N2O4S. The molecule has 19 heavy (non-hydrogen) atoms. The van der Waals surface area contributed by atoms with Crippen molar-refractivity contribution in [2.24, 2.45) is 0 Å². The number of nitrogens with one attached hydrogen (secondary N) is 2. The van der Waals surface area contributed by atoms with Crippen LogP contribution in [0.2, 0.25) is 0 Å². The highest BCUT2D eigenvalue weighted by Gasteiger charge is 2.24. The zero-order valence-electron chi connectivity index (χ0n) is 10.7. The molecule has 6 nitrogen and oxygen atoms in total. The Kier molecular flexibility index (Phi) is 5.78. The molecule has 106 valence electrons. The monoisotopic (exact) mass is 286 g/mol. The number of carbonyl (C=O) groups excluding carboxylic acids is 1. The van der Waals surface area contributed by atoms with E-state index < -0.39 is 17.6 Å². The van der Waals surface area contributed by atoms with E-state index in [1.807, 2.05) is 11.4 Å². The van der Waals surface area contributed by atoms with Crippen LogP contribution >= 0.6 is 11.3 Å². The van der Waals surface area contributed by atoms with Gasteiger partial charge in [0.15, 0.2) is 0 Å². The van der Waals surface area contributed by atoms with Crippen molar-refractivity contribution in [3.8, 4) is 0 Å². The highest BCUT2D eigenvalue weighted by molar-refractivity contribution is 7.10. The molecule has 0 aliphatic rings. The van der Waals surface area contributed by atoms with Crippen molar-refractivity contribution in [1.82, 2.24) is 10.6 Å². The molecule has 0 aromatic carbocycles. The molecule has 4 N–H and O–H groups in total. The molecule has 0 spiro atoms. The summed E-state index contributed by atoms with van der Waals surface area (Å²) in [7, 11) is 0. The Hall–Kier alpha value is -1.60. The van der Waals surface area contributed by atoms with Crippen molar-refractivity contribution in [3.05, 3.63) is 22.4 Å². The summed E-state index contributed by atoms with van der Waals surface area (Å²) in [6.45, 7) is 2.01. The maximum atomic E-state index is 11.4. The molecule has 1 heterocycles. The number of hydrogen-bond acceptors (Lipinski definition) is 4. The smallest absolute Gasteiger partial charge is 0.314 e. The van der Waals surface area contributed by atoms with E-state index in [9.17, 15) is 14.7 Å². The van der Waals surface area contributed by atoms with Gasteiger partial charge in [-0.05, 0) is 24.8 Å². The van der Waals surface area contributed by atoms with Crippen molar-refractivity contribution >= 4 is 23.3 Å². The Labute approximate surface area is 115 Å². The van der Waals surface area contributed by atoms with Gasteiger partial charge < -0.3 is 20.8 Å². The molecule has 1 rings (SSSR count). The second-order valence-electron chi connectivity index (χ2n) is 4.36. The Morgan fingerprint density at radius 1 is 1.42 bits per heavy atom. The number of rotatable bonds is 7. The van der Waals surface area contributed by atoms with E-state index in [-0.39, 0.29) is 13.0 Å².